The highest BCUT2D eigenvalue weighted by atomic mass is 79.9. The van der Waals surface area contributed by atoms with Gasteiger partial charge >= 0.3 is 0 Å². The van der Waals surface area contributed by atoms with Gasteiger partial charge in [0.2, 0.25) is 0 Å². The van der Waals surface area contributed by atoms with Gasteiger partial charge in [0.05, 0.1) is 29.3 Å². The number of amidine groups is 1. The number of aliphatic imine (C=N–C) groups is 1. The molecule has 0 amide bonds. The Kier molecular flexibility index (Phi) is 5.02. The van der Waals surface area contributed by atoms with Crippen LogP contribution in [-0.4, -0.2) is 37.2 Å². The molecule has 2 aliphatic rings. The summed E-state index contributed by atoms with van der Waals surface area (Å²) in [5, 5.41) is 0.518. The van der Waals surface area contributed by atoms with Crippen molar-refractivity contribution in [2.45, 2.75) is 17.8 Å². The molecule has 0 spiro atoms. The van der Waals surface area contributed by atoms with Gasteiger partial charge in [0, 0.05) is 10.2 Å². The minimum absolute atomic E-state index is 0.0456. The van der Waals surface area contributed by atoms with E-state index in [1.165, 1.54) is 23.9 Å². The number of nitrogens with zero attached hydrogens (tertiary/aromatic N) is 2. The fourth-order valence-corrected chi connectivity index (χ4v) is 6.63. The number of sulfone groups is 1. The van der Waals surface area contributed by atoms with Crippen molar-refractivity contribution in [3.05, 3.63) is 64.1 Å². The maximum atomic E-state index is 14.6. The standard InChI is InChI=1S/C18H15BrF2N2O2S2/c19-12-5-6-16(14(21)7-12)23-17-10-27(24,25)9-15(17)22-18(23)26-8-11-3-1-2-4-13(11)20/h1-7,15,17H,8-10H2. The second kappa shape index (κ2) is 7.18. The first-order chi connectivity index (χ1) is 12.8. The Morgan fingerprint density at radius 1 is 1.15 bits per heavy atom. The molecule has 2 aromatic rings. The SMILES string of the molecule is O=S1(=O)CC2N=C(SCc3ccccc3F)N(c3ccc(Br)cc3F)C2C1. The van der Waals surface area contributed by atoms with Gasteiger partial charge in [-0.2, -0.15) is 0 Å². The molecule has 9 heteroatoms. The smallest absolute Gasteiger partial charge is 0.164 e. The highest BCUT2D eigenvalue weighted by Gasteiger charge is 2.47. The number of hydrogen-bond acceptors (Lipinski definition) is 5. The van der Waals surface area contributed by atoms with Crippen LogP contribution in [0.1, 0.15) is 5.56 Å². The van der Waals surface area contributed by atoms with E-state index in [1.54, 1.807) is 35.2 Å². The summed E-state index contributed by atoms with van der Waals surface area (Å²) in [5.41, 5.74) is 0.800. The highest BCUT2D eigenvalue weighted by molar-refractivity contribution is 9.10. The average molecular weight is 473 g/mol. The van der Waals surface area contributed by atoms with E-state index in [0.29, 0.717) is 21.0 Å². The number of thioether (sulfide) groups is 1. The van der Waals surface area contributed by atoms with E-state index in [-0.39, 0.29) is 23.0 Å². The largest absolute Gasteiger partial charge is 0.312 e. The van der Waals surface area contributed by atoms with E-state index in [0.717, 1.165) is 0 Å². The van der Waals surface area contributed by atoms with Crippen molar-refractivity contribution in [2.24, 2.45) is 4.99 Å². The van der Waals surface area contributed by atoms with Crippen LogP contribution in [-0.2, 0) is 15.6 Å². The lowest BCUT2D eigenvalue weighted by Gasteiger charge is -2.27. The van der Waals surface area contributed by atoms with Crippen LogP contribution in [0.4, 0.5) is 14.5 Å². The summed E-state index contributed by atoms with van der Waals surface area (Å²) in [7, 11) is -3.21. The van der Waals surface area contributed by atoms with Crippen LogP contribution in [0.25, 0.3) is 0 Å². The van der Waals surface area contributed by atoms with Crippen molar-refractivity contribution in [2.75, 3.05) is 16.4 Å². The quantitative estimate of drug-likeness (QED) is 0.677. The van der Waals surface area contributed by atoms with Crippen molar-refractivity contribution in [1.82, 2.24) is 0 Å². The van der Waals surface area contributed by atoms with Crippen molar-refractivity contribution in [3.8, 4) is 0 Å². The van der Waals surface area contributed by atoms with E-state index in [1.807, 2.05) is 0 Å². The lowest BCUT2D eigenvalue weighted by Crippen LogP contribution is -2.39. The van der Waals surface area contributed by atoms with Crippen LogP contribution < -0.4 is 4.90 Å². The van der Waals surface area contributed by atoms with Crippen molar-refractivity contribution in [3.63, 3.8) is 0 Å². The summed E-state index contributed by atoms with van der Waals surface area (Å²) in [4.78, 5) is 6.19. The van der Waals surface area contributed by atoms with E-state index in [2.05, 4.69) is 20.9 Å². The van der Waals surface area contributed by atoms with Crippen molar-refractivity contribution in [1.29, 1.82) is 0 Å². The van der Waals surface area contributed by atoms with E-state index >= 15 is 0 Å². The first-order valence-corrected chi connectivity index (χ1v) is 11.8. The number of rotatable bonds is 3. The van der Waals surface area contributed by atoms with Gasteiger partial charge in [-0.15, -0.1) is 0 Å². The molecule has 2 aromatic carbocycles. The predicted molar refractivity (Wildman–Crippen MR) is 108 cm³/mol. The minimum Gasteiger partial charge on any atom is -0.312 e. The molecule has 0 aromatic heterocycles. The third kappa shape index (κ3) is 3.77. The average Bonchev–Trinajstić information content (AvgIpc) is 3.06. The molecule has 2 unspecified atom stereocenters. The van der Waals surface area contributed by atoms with Gasteiger partial charge in [-0.25, -0.2) is 17.2 Å². The molecule has 1 saturated heterocycles. The van der Waals surface area contributed by atoms with Crippen LogP contribution in [0.15, 0.2) is 51.9 Å². The molecule has 0 aliphatic carbocycles. The predicted octanol–water partition coefficient (Wildman–Crippen LogP) is 4.00. The van der Waals surface area contributed by atoms with Crippen LogP contribution >= 0.6 is 27.7 Å². The number of anilines is 1. The van der Waals surface area contributed by atoms with E-state index in [4.69, 9.17) is 0 Å². The molecule has 27 heavy (non-hydrogen) atoms. The van der Waals surface area contributed by atoms with Gasteiger partial charge in [-0.05, 0) is 29.8 Å². The summed E-state index contributed by atoms with van der Waals surface area (Å²) in [6.07, 6.45) is 0. The number of hydrogen-bond donors (Lipinski definition) is 0. The van der Waals surface area contributed by atoms with Crippen molar-refractivity contribution < 1.29 is 17.2 Å². The summed E-state index contributed by atoms with van der Waals surface area (Å²) in [6, 6.07) is 10.2. The van der Waals surface area contributed by atoms with Crippen LogP contribution in [0.3, 0.4) is 0 Å². The summed E-state index contributed by atoms with van der Waals surface area (Å²) >= 11 is 4.52. The normalized spacial score (nSPS) is 23.4. The minimum atomic E-state index is -3.21. The van der Waals surface area contributed by atoms with Crippen LogP contribution in [0, 0.1) is 11.6 Å². The van der Waals surface area contributed by atoms with Crippen LogP contribution in [0.5, 0.6) is 0 Å². The molecule has 2 heterocycles. The molecule has 0 saturated carbocycles. The Morgan fingerprint density at radius 2 is 1.93 bits per heavy atom. The number of halogens is 3. The zero-order valence-corrected chi connectivity index (χ0v) is 17.2. The zero-order chi connectivity index (χ0) is 19.2. The van der Waals surface area contributed by atoms with Gasteiger partial charge in [0.15, 0.2) is 15.0 Å². The van der Waals surface area contributed by atoms with Gasteiger partial charge < -0.3 is 4.90 Å². The Morgan fingerprint density at radius 3 is 2.67 bits per heavy atom. The molecule has 0 radical (unpaired) electrons. The Labute approximate surface area is 168 Å². The Balaban J connectivity index is 1.66. The van der Waals surface area contributed by atoms with E-state index < -0.39 is 27.7 Å². The molecule has 4 nitrogen and oxygen atoms in total. The number of fused-ring (bicyclic) bond motifs is 1. The maximum Gasteiger partial charge on any atom is 0.164 e. The molecule has 142 valence electrons. The fraction of sp³-hybridized carbons (Fsp3) is 0.278. The summed E-state index contributed by atoms with van der Waals surface area (Å²) in [5.74, 6) is -0.565. The van der Waals surface area contributed by atoms with Gasteiger partial charge in [-0.3, -0.25) is 4.99 Å². The lowest BCUT2D eigenvalue weighted by atomic mass is 10.1. The van der Waals surface area contributed by atoms with Gasteiger partial charge in [-0.1, -0.05) is 45.9 Å². The van der Waals surface area contributed by atoms with Crippen molar-refractivity contribution >= 4 is 48.4 Å². The Hall–Kier alpha value is -1.45. The molecule has 0 bridgehead atoms. The van der Waals surface area contributed by atoms with Gasteiger partial charge in [0.1, 0.15) is 11.6 Å². The van der Waals surface area contributed by atoms with Crippen LogP contribution in [0.2, 0.25) is 0 Å². The highest BCUT2D eigenvalue weighted by Crippen LogP contribution is 2.37. The number of benzene rings is 2. The first kappa shape index (κ1) is 18.9. The third-order valence-electron chi connectivity index (χ3n) is 4.59. The second-order valence-electron chi connectivity index (χ2n) is 6.47. The maximum absolute atomic E-state index is 14.6. The molecule has 4 rings (SSSR count). The first-order valence-electron chi connectivity index (χ1n) is 8.23. The Bertz CT molecular complexity index is 1030. The summed E-state index contributed by atoms with van der Waals surface area (Å²) in [6.45, 7) is 0. The van der Waals surface area contributed by atoms with Gasteiger partial charge in [0.25, 0.3) is 0 Å². The monoisotopic (exact) mass is 472 g/mol. The topological polar surface area (TPSA) is 49.7 Å². The molecule has 2 aliphatic heterocycles. The molecular weight excluding hydrogens is 458 g/mol. The summed E-state index contributed by atoms with van der Waals surface area (Å²) < 4.78 is 53.2. The fourth-order valence-electron chi connectivity index (χ4n) is 3.35. The third-order valence-corrected chi connectivity index (χ3v) is 7.80. The molecule has 0 N–H and O–H groups in total. The molecule has 1 fully saturated rings. The molecular formula is C18H15BrF2N2O2S2. The second-order valence-corrected chi connectivity index (χ2v) is 10.5. The lowest BCUT2D eigenvalue weighted by molar-refractivity contribution is 0.600. The molecule has 2 atom stereocenters. The zero-order valence-electron chi connectivity index (χ0n) is 14.0. The van der Waals surface area contributed by atoms with E-state index in [9.17, 15) is 17.2 Å².